The van der Waals surface area contributed by atoms with Crippen LogP contribution in [0.2, 0.25) is 0 Å². The number of rotatable bonds is 8. The second-order valence-electron chi connectivity index (χ2n) is 5.11. The summed E-state index contributed by atoms with van der Waals surface area (Å²) in [7, 11) is 0. The number of hydrogen-bond acceptors (Lipinski definition) is 4. The number of ether oxygens (including phenoxy) is 1. The minimum Gasteiger partial charge on any atom is -0.491 e. The van der Waals surface area contributed by atoms with E-state index in [1.165, 1.54) is 10.4 Å². The quantitative estimate of drug-likeness (QED) is 0.785. The van der Waals surface area contributed by atoms with Crippen LogP contribution in [0, 0.1) is 0 Å². The van der Waals surface area contributed by atoms with Crippen molar-refractivity contribution in [1.29, 1.82) is 0 Å². The standard InChI is InChI=1S/C17H23NO2S/c1-3-14-6-8-16(9-7-14)20-12-15(19)11-18-13(2)17-5-4-10-21-17/h4-10,13,15,18-19H,3,11-12H2,1-2H3/t13-,15?/m1/s1. The van der Waals surface area contributed by atoms with Crippen molar-refractivity contribution in [2.24, 2.45) is 0 Å². The molecule has 1 aromatic carbocycles. The number of thiophene rings is 1. The lowest BCUT2D eigenvalue weighted by molar-refractivity contribution is 0.104. The third kappa shape index (κ3) is 5.16. The van der Waals surface area contributed by atoms with Gasteiger partial charge in [-0.15, -0.1) is 11.3 Å². The maximum atomic E-state index is 9.97. The molecule has 114 valence electrons. The first-order chi connectivity index (χ1) is 10.2. The van der Waals surface area contributed by atoms with E-state index in [0.717, 1.165) is 12.2 Å². The predicted molar refractivity (Wildman–Crippen MR) is 88.1 cm³/mol. The number of hydrogen-bond donors (Lipinski definition) is 2. The van der Waals surface area contributed by atoms with Crippen LogP contribution in [0.5, 0.6) is 5.75 Å². The lowest BCUT2D eigenvalue weighted by Crippen LogP contribution is -2.32. The molecule has 0 saturated carbocycles. The Morgan fingerprint density at radius 3 is 2.62 bits per heavy atom. The fraction of sp³-hybridized carbons (Fsp3) is 0.412. The lowest BCUT2D eigenvalue weighted by Gasteiger charge is -2.17. The van der Waals surface area contributed by atoms with E-state index < -0.39 is 6.10 Å². The first kappa shape index (κ1) is 16.0. The Balaban J connectivity index is 1.70. The molecule has 0 aliphatic carbocycles. The Bertz CT molecular complexity index is 510. The van der Waals surface area contributed by atoms with E-state index in [0.29, 0.717) is 13.2 Å². The topological polar surface area (TPSA) is 41.5 Å². The molecule has 4 heteroatoms. The Morgan fingerprint density at radius 2 is 2.00 bits per heavy atom. The van der Waals surface area contributed by atoms with Crippen LogP contribution in [0.3, 0.4) is 0 Å². The second kappa shape index (κ2) is 8.17. The molecule has 2 atom stereocenters. The van der Waals surface area contributed by atoms with Crippen LogP contribution in [0.4, 0.5) is 0 Å². The van der Waals surface area contributed by atoms with Crippen LogP contribution >= 0.6 is 11.3 Å². The van der Waals surface area contributed by atoms with Crippen molar-refractivity contribution >= 4 is 11.3 Å². The van der Waals surface area contributed by atoms with Crippen molar-refractivity contribution in [2.75, 3.05) is 13.2 Å². The summed E-state index contributed by atoms with van der Waals surface area (Å²) in [6.45, 7) is 5.05. The van der Waals surface area contributed by atoms with Crippen LogP contribution in [-0.4, -0.2) is 24.4 Å². The SMILES string of the molecule is CCc1ccc(OCC(O)CN[C@H](C)c2cccs2)cc1. The fourth-order valence-electron chi connectivity index (χ4n) is 2.02. The predicted octanol–water partition coefficient (Wildman–Crippen LogP) is 3.40. The van der Waals surface area contributed by atoms with Gasteiger partial charge in [-0.25, -0.2) is 0 Å². The van der Waals surface area contributed by atoms with Crippen LogP contribution in [-0.2, 0) is 6.42 Å². The zero-order chi connectivity index (χ0) is 15.1. The number of nitrogens with one attached hydrogen (secondary N) is 1. The van der Waals surface area contributed by atoms with Gasteiger partial charge in [0.05, 0.1) is 0 Å². The fourth-order valence-corrected chi connectivity index (χ4v) is 2.78. The van der Waals surface area contributed by atoms with E-state index >= 15 is 0 Å². The monoisotopic (exact) mass is 305 g/mol. The second-order valence-corrected chi connectivity index (χ2v) is 6.09. The molecule has 0 spiro atoms. The normalized spacial score (nSPS) is 13.9. The summed E-state index contributed by atoms with van der Waals surface area (Å²) in [5.41, 5.74) is 1.29. The summed E-state index contributed by atoms with van der Waals surface area (Å²) < 4.78 is 5.60. The van der Waals surface area contributed by atoms with Gasteiger partial charge in [0, 0.05) is 17.5 Å². The molecule has 1 heterocycles. The van der Waals surface area contributed by atoms with E-state index in [4.69, 9.17) is 4.74 Å². The van der Waals surface area contributed by atoms with Crippen molar-refractivity contribution < 1.29 is 9.84 Å². The summed E-state index contributed by atoms with van der Waals surface area (Å²) in [4.78, 5) is 1.28. The smallest absolute Gasteiger partial charge is 0.119 e. The highest BCUT2D eigenvalue weighted by Gasteiger charge is 2.10. The van der Waals surface area contributed by atoms with Gasteiger partial charge < -0.3 is 15.2 Å². The zero-order valence-electron chi connectivity index (χ0n) is 12.6. The third-order valence-electron chi connectivity index (χ3n) is 3.40. The molecule has 2 rings (SSSR count). The molecule has 1 aromatic heterocycles. The zero-order valence-corrected chi connectivity index (χ0v) is 13.4. The lowest BCUT2D eigenvalue weighted by atomic mass is 10.2. The molecular weight excluding hydrogens is 282 g/mol. The van der Waals surface area contributed by atoms with Gasteiger partial charge in [0.25, 0.3) is 0 Å². The molecule has 2 N–H and O–H groups in total. The van der Waals surface area contributed by atoms with Gasteiger partial charge >= 0.3 is 0 Å². The summed E-state index contributed by atoms with van der Waals surface area (Å²) in [6, 6.07) is 12.4. The van der Waals surface area contributed by atoms with Gasteiger partial charge in [0.15, 0.2) is 0 Å². The molecule has 2 aromatic rings. The average molecular weight is 305 g/mol. The molecular formula is C17H23NO2S. The highest BCUT2D eigenvalue weighted by Crippen LogP contribution is 2.18. The van der Waals surface area contributed by atoms with Gasteiger partial charge in [-0.05, 0) is 42.5 Å². The van der Waals surface area contributed by atoms with Crippen molar-refractivity contribution in [3.63, 3.8) is 0 Å². The highest BCUT2D eigenvalue weighted by molar-refractivity contribution is 7.10. The van der Waals surface area contributed by atoms with E-state index in [1.54, 1.807) is 11.3 Å². The molecule has 21 heavy (non-hydrogen) atoms. The van der Waals surface area contributed by atoms with E-state index in [9.17, 15) is 5.11 Å². The number of aryl methyl sites for hydroxylation is 1. The van der Waals surface area contributed by atoms with Gasteiger partial charge in [0.2, 0.25) is 0 Å². The largest absolute Gasteiger partial charge is 0.491 e. The Kier molecular flexibility index (Phi) is 6.23. The van der Waals surface area contributed by atoms with Crippen molar-refractivity contribution in [1.82, 2.24) is 5.32 Å². The van der Waals surface area contributed by atoms with Crippen LogP contribution in [0.1, 0.15) is 30.3 Å². The van der Waals surface area contributed by atoms with Crippen LogP contribution in [0.15, 0.2) is 41.8 Å². The maximum absolute atomic E-state index is 9.97. The number of benzene rings is 1. The Labute approximate surface area is 130 Å². The molecule has 0 radical (unpaired) electrons. The third-order valence-corrected chi connectivity index (χ3v) is 4.46. The van der Waals surface area contributed by atoms with Crippen molar-refractivity contribution in [2.45, 2.75) is 32.4 Å². The molecule has 3 nitrogen and oxygen atoms in total. The van der Waals surface area contributed by atoms with Crippen molar-refractivity contribution in [3.05, 3.63) is 52.2 Å². The number of aliphatic hydroxyl groups excluding tert-OH is 1. The molecule has 0 saturated heterocycles. The molecule has 1 unspecified atom stereocenters. The van der Waals surface area contributed by atoms with Gasteiger partial charge in [0.1, 0.15) is 18.5 Å². The van der Waals surface area contributed by atoms with Gasteiger partial charge in [-0.1, -0.05) is 25.1 Å². The van der Waals surface area contributed by atoms with Gasteiger partial charge in [-0.2, -0.15) is 0 Å². The minimum atomic E-state index is -0.515. The highest BCUT2D eigenvalue weighted by atomic mass is 32.1. The first-order valence-corrected chi connectivity index (χ1v) is 8.23. The summed E-state index contributed by atoms with van der Waals surface area (Å²) in [5, 5.41) is 15.4. The molecule has 0 fully saturated rings. The molecule has 0 aliphatic heterocycles. The van der Waals surface area contributed by atoms with E-state index in [2.05, 4.69) is 42.7 Å². The van der Waals surface area contributed by atoms with E-state index in [-0.39, 0.29) is 6.04 Å². The van der Waals surface area contributed by atoms with Crippen LogP contribution < -0.4 is 10.1 Å². The molecule has 0 bridgehead atoms. The summed E-state index contributed by atoms with van der Waals surface area (Å²) in [6.07, 6.45) is 0.506. The molecule has 0 amide bonds. The average Bonchev–Trinajstić information content (AvgIpc) is 3.05. The van der Waals surface area contributed by atoms with Crippen molar-refractivity contribution in [3.8, 4) is 5.75 Å². The summed E-state index contributed by atoms with van der Waals surface area (Å²) >= 11 is 1.72. The van der Waals surface area contributed by atoms with E-state index in [1.807, 2.05) is 18.2 Å². The Hall–Kier alpha value is -1.36. The number of aliphatic hydroxyl groups is 1. The van der Waals surface area contributed by atoms with Gasteiger partial charge in [-0.3, -0.25) is 0 Å². The molecule has 0 aliphatic rings. The first-order valence-electron chi connectivity index (χ1n) is 7.35. The maximum Gasteiger partial charge on any atom is 0.119 e. The Morgan fingerprint density at radius 1 is 1.24 bits per heavy atom. The minimum absolute atomic E-state index is 0.253. The van der Waals surface area contributed by atoms with Crippen LogP contribution in [0.25, 0.3) is 0 Å². The summed E-state index contributed by atoms with van der Waals surface area (Å²) in [5.74, 6) is 0.803.